The number of ketones is 1. The first kappa shape index (κ1) is 13.6. The molecule has 2 nitrogen and oxygen atoms in total. The van der Waals surface area contributed by atoms with Gasteiger partial charge in [0.1, 0.15) is 0 Å². The Kier molecular flexibility index (Phi) is 2.74. The Labute approximate surface area is 111 Å². The molecule has 0 saturated carbocycles. The Bertz CT molecular complexity index is 430. The van der Waals surface area contributed by atoms with Crippen molar-refractivity contribution in [1.29, 1.82) is 0 Å². The van der Waals surface area contributed by atoms with E-state index in [2.05, 4.69) is 60.4 Å². The van der Waals surface area contributed by atoms with Crippen LogP contribution in [0.15, 0.2) is 11.3 Å². The van der Waals surface area contributed by atoms with Crippen LogP contribution in [0.5, 0.6) is 0 Å². The maximum atomic E-state index is 12.9. The van der Waals surface area contributed by atoms with Crippen LogP contribution in [-0.2, 0) is 4.79 Å². The maximum absolute atomic E-state index is 12.9. The molecule has 18 heavy (non-hydrogen) atoms. The minimum Gasteiger partial charge on any atom is -0.374 e. The highest BCUT2D eigenvalue weighted by molar-refractivity contribution is 6.02. The molecule has 1 heterocycles. The first-order chi connectivity index (χ1) is 8.05. The molecule has 0 aromatic rings. The van der Waals surface area contributed by atoms with Gasteiger partial charge >= 0.3 is 0 Å². The molecule has 2 heteroatoms. The molecule has 0 bridgehead atoms. The Hall–Kier alpha value is -0.790. The molecule has 0 radical (unpaired) electrons. The highest BCUT2D eigenvalue weighted by Gasteiger charge is 2.56. The van der Waals surface area contributed by atoms with Crippen LogP contribution in [0.4, 0.5) is 0 Å². The number of allylic oxidation sites excluding steroid dienone is 1. The molecule has 1 aliphatic carbocycles. The number of nitrogens with zero attached hydrogens (tertiary/aromatic N) is 1. The molecule has 2 rings (SSSR count). The lowest BCUT2D eigenvalue weighted by Crippen LogP contribution is -2.50. The average Bonchev–Trinajstić information content (AvgIpc) is 2.50. The molecule has 2 aliphatic rings. The van der Waals surface area contributed by atoms with E-state index >= 15 is 0 Å². The first-order valence-electron chi connectivity index (χ1n) is 7.06. The van der Waals surface area contributed by atoms with Gasteiger partial charge in [0, 0.05) is 41.6 Å². The Morgan fingerprint density at radius 2 is 1.56 bits per heavy atom. The zero-order valence-corrected chi connectivity index (χ0v) is 13.1. The van der Waals surface area contributed by atoms with Gasteiger partial charge in [-0.3, -0.25) is 4.79 Å². The zero-order valence-electron chi connectivity index (χ0n) is 13.1. The normalized spacial score (nSPS) is 38.1. The fraction of sp³-hybridized carbons (Fsp3) is 0.812. The maximum Gasteiger partial charge on any atom is 0.167 e. The molecular weight excluding hydrogens is 222 g/mol. The van der Waals surface area contributed by atoms with E-state index in [-0.39, 0.29) is 10.8 Å². The number of hydrogen-bond donors (Lipinski definition) is 0. The first-order valence-corrected chi connectivity index (χ1v) is 7.06. The van der Waals surface area contributed by atoms with Crippen molar-refractivity contribution in [3.8, 4) is 0 Å². The summed E-state index contributed by atoms with van der Waals surface area (Å²) < 4.78 is 0. The summed E-state index contributed by atoms with van der Waals surface area (Å²) in [5, 5.41) is 0. The Morgan fingerprint density at radius 3 is 2.06 bits per heavy atom. The van der Waals surface area contributed by atoms with Gasteiger partial charge in [-0.2, -0.15) is 0 Å². The van der Waals surface area contributed by atoms with Crippen molar-refractivity contribution in [2.45, 2.75) is 54.5 Å². The van der Waals surface area contributed by atoms with Gasteiger partial charge in [0.2, 0.25) is 0 Å². The van der Waals surface area contributed by atoms with Gasteiger partial charge in [-0.05, 0) is 12.3 Å². The largest absolute Gasteiger partial charge is 0.374 e. The van der Waals surface area contributed by atoms with Gasteiger partial charge in [0.25, 0.3) is 0 Å². The summed E-state index contributed by atoms with van der Waals surface area (Å²) in [6.45, 7) is 15.4. The van der Waals surface area contributed by atoms with Crippen LogP contribution in [0.3, 0.4) is 0 Å². The third kappa shape index (κ3) is 1.32. The number of rotatable bonds is 0. The summed E-state index contributed by atoms with van der Waals surface area (Å²) in [6, 6.07) is 0.436. The second kappa shape index (κ2) is 3.61. The van der Waals surface area contributed by atoms with Crippen LogP contribution in [0.25, 0.3) is 0 Å². The van der Waals surface area contributed by atoms with Crippen molar-refractivity contribution in [1.82, 2.24) is 4.90 Å². The number of carbonyl (C=O) groups is 1. The molecule has 0 spiro atoms. The van der Waals surface area contributed by atoms with Gasteiger partial charge in [-0.25, -0.2) is 0 Å². The monoisotopic (exact) mass is 249 g/mol. The van der Waals surface area contributed by atoms with Gasteiger partial charge in [-0.1, -0.05) is 41.5 Å². The number of carbonyl (C=O) groups excluding carboxylic acids is 1. The number of hydrogen-bond acceptors (Lipinski definition) is 2. The predicted octanol–water partition coefficient (Wildman–Crippen LogP) is 3.48. The van der Waals surface area contributed by atoms with Crippen LogP contribution in [0.1, 0.15) is 48.5 Å². The van der Waals surface area contributed by atoms with E-state index in [0.717, 1.165) is 5.57 Å². The quantitative estimate of drug-likeness (QED) is 0.655. The molecule has 0 fully saturated rings. The lowest BCUT2D eigenvalue weighted by Gasteiger charge is -2.50. The summed E-state index contributed by atoms with van der Waals surface area (Å²) in [5.74, 6) is 1.15. The standard InChI is InChI=1S/C16H27NO/c1-9-11(3)17(8)13-10(2)15(4,5)16(6,7)14(18)12(9)13/h9-11H,1-8H3. The van der Waals surface area contributed by atoms with Crippen molar-refractivity contribution in [3.05, 3.63) is 11.3 Å². The molecule has 102 valence electrons. The molecular formula is C16H27NO. The third-order valence-corrected chi connectivity index (χ3v) is 6.36. The van der Waals surface area contributed by atoms with Crippen molar-refractivity contribution in [2.75, 3.05) is 7.05 Å². The highest BCUT2D eigenvalue weighted by atomic mass is 16.1. The van der Waals surface area contributed by atoms with Crippen LogP contribution in [0, 0.1) is 22.7 Å². The van der Waals surface area contributed by atoms with Crippen molar-refractivity contribution in [2.24, 2.45) is 22.7 Å². The molecule has 0 N–H and O–H groups in total. The summed E-state index contributed by atoms with van der Waals surface area (Å²) >= 11 is 0. The third-order valence-electron chi connectivity index (χ3n) is 6.36. The van der Waals surface area contributed by atoms with E-state index in [0.29, 0.717) is 23.7 Å². The second-order valence-electron chi connectivity index (χ2n) is 7.34. The van der Waals surface area contributed by atoms with E-state index in [4.69, 9.17) is 0 Å². The van der Waals surface area contributed by atoms with E-state index in [9.17, 15) is 4.79 Å². The van der Waals surface area contributed by atoms with Crippen LogP contribution in [-0.4, -0.2) is 23.8 Å². The minimum atomic E-state index is -0.273. The molecule has 0 amide bonds. The van der Waals surface area contributed by atoms with Gasteiger partial charge in [0.15, 0.2) is 5.78 Å². The smallest absolute Gasteiger partial charge is 0.167 e. The summed E-state index contributed by atoms with van der Waals surface area (Å²) in [4.78, 5) is 15.2. The van der Waals surface area contributed by atoms with E-state index in [1.807, 2.05) is 0 Å². The van der Waals surface area contributed by atoms with E-state index < -0.39 is 0 Å². The fourth-order valence-electron chi connectivity index (χ4n) is 3.59. The van der Waals surface area contributed by atoms with Crippen molar-refractivity contribution in [3.63, 3.8) is 0 Å². The van der Waals surface area contributed by atoms with Crippen LogP contribution >= 0.6 is 0 Å². The van der Waals surface area contributed by atoms with Crippen molar-refractivity contribution < 1.29 is 4.79 Å². The zero-order chi connectivity index (χ0) is 14.0. The lowest BCUT2D eigenvalue weighted by molar-refractivity contribution is -0.133. The van der Waals surface area contributed by atoms with E-state index in [1.165, 1.54) is 5.70 Å². The molecule has 1 aliphatic heterocycles. The molecule has 3 unspecified atom stereocenters. The average molecular weight is 249 g/mol. The van der Waals surface area contributed by atoms with Gasteiger partial charge in [0.05, 0.1) is 0 Å². The van der Waals surface area contributed by atoms with Gasteiger partial charge < -0.3 is 4.90 Å². The highest BCUT2D eigenvalue weighted by Crippen LogP contribution is 2.57. The number of Topliss-reactive ketones (excluding diaryl/α,β-unsaturated/α-hetero) is 1. The topological polar surface area (TPSA) is 20.3 Å². The summed E-state index contributed by atoms with van der Waals surface area (Å²) in [6.07, 6.45) is 0. The lowest BCUT2D eigenvalue weighted by atomic mass is 9.54. The van der Waals surface area contributed by atoms with E-state index in [1.54, 1.807) is 0 Å². The molecule has 0 saturated heterocycles. The Balaban J connectivity index is 2.65. The Morgan fingerprint density at radius 1 is 1.06 bits per heavy atom. The van der Waals surface area contributed by atoms with Crippen LogP contribution < -0.4 is 0 Å². The molecule has 0 aromatic carbocycles. The minimum absolute atomic E-state index is 0.000949. The summed E-state index contributed by atoms with van der Waals surface area (Å²) in [7, 11) is 2.14. The molecule has 0 aromatic heterocycles. The fourth-order valence-corrected chi connectivity index (χ4v) is 3.59. The molecule has 3 atom stereocenters. The summed E-state index contributed by atoms with van der Waals surface area (Å²) in [5.41, 5.74) is 2.12. The predicted molar refractivity (Wildman–Crippen MR) is 75.1 cm³/mol. The van der Waals surface area contributed by atoms with Crippen LogP contribution in [0.2, 0.25) is 0 Å². The second-order valence-corrected chi connectivity index (χ2v) is 7.34. The van der Waals surface area contributed by atoms with Crippen molar-refractivity contribution >= 4 is 5.78 Å². The SMILES string of the molecule is CC1C2=C(C(C)C(C)(C)C(C)(C)C2=O)N(C)C1C. The van der Waals surface area contributed by atoms with Gasteiger partial charge in [-0.15, -0.1) is 0 Å².